The van der Waals surface area contributed by atoms with Crippen LogP contribution in [0.2, 0.25) is 0 Å². The molecule has 0 aliphatic carbocycles. The van der Waals surface area contributed by atoms with Crippen LogP contribution in [0.15, 0.2) is 0 Å². The van der Waals surface area contributed by atoms with E-state index in [2.05, 4.69) is 15.6 Å². The third-order valence-electron chi connectivity index (χ3n) is 2.27. The van der Waals surface area contributed by atoms with Gasteiger partial charge >= 0.3 is 6.03 Å². The van der Waals surface area contributed by atoms with Gasteiger partial charge in [-0.1, -0.05) is 0 Å². The molecule has 0 aliphatic heterocycles. The monoisotopic (exact) mass is 256 g/mol. The summed E-state index contributed by atoms with van der Waals surface area (Å²) in [5.41, 5.74) is 1.09. The highest BCUT2D eigenvalue weighted by atomic mass is 32.1. The first-order valence-corrected chi connectivity index (χ1v) is 6.41. The molecule has 0 fully saturated rings. The van der Waals surface area contributed by atoms with E-state index in [1.807, 2.05) is 13.8 Å². The Morgan fingerprint density at radius 1 is 1.35 bits per heavy atom. The molecule has 1 aromatic rings. The number of amides is 2. The minimum absolute atomic E-state index is 0.0587. The first kappa shape index (κ1) is 13.9. The zero-order valence-corrected chi connectivity index (χ0v) is 11.6. The topological polar surface area (TPSA) is 57.3 Å². The van der Waals surface area contributed by atoms with Crippen LogP contribution in [0.1, 0.15) is 15.6 Å². The lowest BCUT2D eigenvalue weighted by Gasteiger charge is -2.11. The molecule has 2 N–H and O–H groups in total. The molecule has 1 heterocycles. The molecule has 2 amide bonds. The normalized spacial score (nSPS) is 10.4. The smallest absolute Gasteiger partial charge is 0.316 e. The number of carbonyl (C=O) groups excluding carboxylic acids is 1. The lowest BCUT2D eigenvalue weighted by Crippen LogP contribution is -2.38. The van der Waals surface area contributed by atoms with Crippen LogP contribution in [-0.4, -0.2) is 43.1 Å². The van der Waals surface area contributed by atoms with Crippen molar-refractivity contribution in [3.8, 4) is 0 Å². The molecule has 0 aliphatic rings. The maximum Gasteiger partial charge on any atom is 0.316 e. The van der Waals surface area contributed by atoms with Crippen LogP contribution in [0, 0.1) is 13.8 Å². The van der Waals surface area contributed by atoms with Crippen LogP contribution in [0.3, 0.4) is 0 Å². The fourth-order valence-corrected chi connectivity index (χ4v) is 2.26. The Kier molecular flexibility index (Phi) is 5.37. The van der Waals surface area contributed by atoms with E-state index in [1.54, 1.807) is 25.4 Å². The molecule has 1 aromatic heterocycles. The predicted molar refractivity (Wildman–Crippen MR) is 70.4 cm³/mol. The molecule has 5 nitrogen and oxygen atoms in total. The molecule has 6 heteroatoms. The first-order chi connectivity index (χ1) is 8.00. The van der Waals surface area contributed by atoms with Gasteiger partial charge in [-0.3, -0.25) is 0 Å². The van der Waals surface area contributed by atoms with E-state index in [1.165, 1.54) is 9.78 Å². The van der Waals surface area contributed by atoms with Gasteiger partial charge in [0.2, 0.25) is 0 Å². The second kappa shape index (κ2) is 6.56. The van der Waals surface area contributed by atoms with Crippen LogP contribution < -0.4 is 10.6 Å². The average molecular weight is 256 g/mol. The molecule has 0 atom stereocenters. The second-order valence-corrected chi connectivity index (χ2v) is 5.33. The van der Waals surface area contributed by atoms with E-state index < -0.39 is 0 Å². The predicted octanol–water partition coefficient (Wildman–Crippen LogP) is 1.12. The minimum Gasteiger partial charge on any atom is -0.337 e. The number of carbonyl (C=O) groups is 1. The number of urea groups is 1. The van der Waals surface area contributed by atoms with Crippen molar-refractivity contribution in [2.24, 2.45) is 0 Å². The second-order valence-electron chi connectivity index (χ2n) is 4.04. The highest BCUT2D eigenvalue weighted by Crippen LogP contribution is 2.16. The van der Waals surface area contributed by atoms with Crippen molar-refractivity contribution in [2.75, 3.05) is 27.2 Å². The SMILES string of the molecule is Cc1nc(C)c(CNCCNC(=O)N(C)C)s1. The zero-order valence-electron chi connectivity index (χ0n) is 10.8. The van der Waals surface area contributed by atoms with E-state index >= 15 is 0 Å². The Bertz CT molecular complexity index is 376. The Morgan fingerprint density at radius 2 is 2.06 bits per heavy atom. The highest BCUT2D eigenvalue weighted by Gasteiger charge is 2.04. The maximum atomic E-state index is 11.2. The summed E-state index contributed by atoms with van der Waals surface area (Å²) < 4.78 is 0. The molecule has 0 unspecified atom stereocenters. The molecular formula is C11H20N4OS. The number of hydrogen-bond donors (Lipinski definition) is 2. The Hall–Kier alpha value is -1.14. The standard InChI is InChI=1S/C11H20N4OS/c1-8-10(17-9(2)14-8)7-12-5-6-13-11(16)15(3)4/h12H,5-7H2,1-4H3,(H,13,16). The lowest BCUT2D eigenvalue weighted by atomic mass is 10.4. The van der Waals surface area contributed by atoms with Gasteiger partial charge in [-0.05, 0) is 13.8 Å². The summed E-state index contributed by atoms with van der Waals surface area (Å²) in [5, 5.41) is 7.19. The zero-order chi connectivity index (χ0) is 12.8. The van der Waals surface area contributed by atoms with Gasteiger partial charge < -0.3 is 15.5 Å². The van der Waals surface area contributed by atoms with E-state index in [4.69, 9.17) is 0 Å². The van der Waals surface area contributed by atoms with E-state index in [0.717, 1.165) is 23.8 Å². The number of rotatable bonds is 5. The Morgan fingerprint density at radius 3 is 2.59 bits per heavy atom. The van der Waals surface area contributed by atoms with Crippen molar-refractivity contribution in [3.05, 3.63) is 15.6 Å². The highest BCUT2D eigenvalue weighted by molar-refractivity contribution is 7.11. The number of hydrogen-bond acceptors (Lipinski definition) is 4. The molecule has 0 saturated heterocycles. The average Bonchev–Trinajstić information content (AvgIpc) is 2.56. The number of nitrogens with one attached hydrogen (secondary N) is 2. The third kappa shape index (κ3) is 4.70. The van der Waals surface area contributed by atoms with Crippen LogP contribution in [-0.2, 0) is 6.54 Å². The summed E-state index contributed by atoms with van der Waals surface area (Å²) in [6, 6.07) is -0.0587. The summed E-state index contributed by atoms with van der Waals surface area (Å²) >= 11 is 1.71. The van der Waals surface area contributed by atoms with E-state index in [9.17, 15) is 4.79 Å². The van der Waals surface area contributed by atoms with Gasteiger partial charge in [-0.15, -0.1) is 11.3 Å². The van der Waals surface area contributed by atoms with Crippen molar-refractivity contribution in [1.29, 1.82) is 0 Å². The van der Waals surface area contributed by atoms with Crippen molar-refractivity contribution < 1.29 is 4.79 Å². The summed E-state index contributed by atoms with van der Waals surface area (Å²) in [6.45, 7) is 6.24. The van der Waals surface area contributed by atoms with Gasteiger partial charge in [0.15, 0.2) is 0 Å². The molecule has 96 valence electrons. The number of nitrogens with zero attached hydrogens (tertiary/aromatic N) is 2. The van der Waals surface area contributed by atoms with Crippen LogP contribution in [0.4, 0.5) is 4.79 Å². The summed E-state index contributed by atoms with van der Waals surface area (Å²) in [5.74, 6) is 0. The molecule has 0 spiro atoms. The number of thiazole rings is 1. The van der Waals surface area contributed by atoms with Gasteiger partial charge in [-0.2, -0.15) is 0 Å². The van der Waals surface area contributed by atoms with Crippen molar-refractivity contribution >= 4 is 17.4 Å². The number of aromatic nitrogens is 1. The minimum atomic E-state index is -0.0587. The molecule has 0 radical (unpaired) electrons. The third-order valence-corrected chi connectivity index (χ3v) is 3.34. The van der Waals surface area contributed by atoms with Gasteiger partial charge in [0.1, 0.15) is 0 Å². The van der Waals surface area contributed by atoms with Gasteiger partial charge in [0, 0.05) is 38.6 Å². The Balaban J connectivity index is 2.17. The summed E-state index contributed by atoms with van der Waals surface area (Å²) in [7, 11) is 3.46. The molecular weight excluding hydrogens is 236 g/mol. The fraction of sp³-hybridized carbons (Fsp3) is 0.636. The van der Waals surface area contributed by atoms with Crippen LogP contribution in [0.25, 0.3) is 0 Å². The van der Waals surface area contributed by atoms with Crippen molar-refractivity contribution in [2.45, 2.75) is 20.4 Å². The molecule has 17 heavy (non-hydrogen) atoms. The van der Waals surface area contributed by atoms with E-state index in [0.29, 0.717) is 6.54 Å². The fourth-order valence-electron chi connectivity index (χ4n) is 1.36. The van der Waals surface area contributed by atoms with E-state index in [-0.39, 0.29) is 6.03 Å². The van der Waals surface area contributed by atoms with Gasteiger partial charge in [-0.25, -0.2) is 9.78 Å². The van der Waals surface area contributed by atoms with Crippen molar-refractivity contribution in [1.82, 2.24) is 20.5 Å². The molecule has 0 saturated carbocycles. The van der Waals surface area contributed by atoms with Crippen LogP contribution >= 0.6 is 11.3 Å². The summed E-state index contributed by atoms with van der Waals surface area (Å²) in [4.78, 5) is 18.4. The maximum absolute atomic E-state index is 11.2. The number of aryl methyl sites for hydroxylation is 2. The molecule has 1 rings (SSSR count). The lowest BCUT2D eigenvalue weighted by molar-refractivity contribution is 0.217. The quantitative estimate of drug-likeness (QED) is 0.776. The van der Waals surface area contributed by atoms with Gasteiger partial charge in [0.05, 0.1) is 10.7 Å². The Labute approximate surface area is 106 Å². The molecule has 0 bridgehead atoms. The van der Waals surface area contributed by atoms with Crippen LogP contribution in [0.5, 0.6) is 0 Å². The first-order valence-electron chi connectivity index (χ1n) is 5.59. The van der Waals surface area contributed by atoms with Gasteiger partial charge in [0.25, 0.3) is 0 Å². The summed E-state index contributed by atoms with van der Waals surface area (Å²) in [6.07, 6.45) is 0. The van der Waals surface area contributed by atoms with Crippen molar-refractivity contribution in [3.63, 3.8) is 0 Å². The molecule has 0 aromatic carbocycles. The largest absolute Gasteiger partial charge is 0.337 e.